The van der Waals surface area contributed by atoms with Crippen molar-refractivity contribution in [2.75, 3.05) is 31.1 Å². The fourth-order valence-corrected chi connectivity index (χ4v) is 5.08. The van der Waals surface area contributed by atoms with Crippen LogP contribution in [0.25, 0.3) is 6.08 Å². The fraction of sp³-hybridized carbons (Fsp3) is 0.263. The SMILES string of the molecule is Cc1ccsc1/C=C1\SC(N2CCN(c3cccc(Cl)c3)CC2)=NC1=O. The average molecular weight is 404 g/mol. The van der Waals surface area contributed by atoms with E-state index in [1.807, 2.05) is 29.7 Å². The number of hydrogen-bond donors (Lipinski definition) is 0. The molecule has 2 aromatic rings. The number of carbonyl (C=O) groups is 1. The summed E-state index contributed by atoms with van der Waals surface area (Å²) in [5.41, 5.74) is 2.34. The zero-order valence-electron chi connectivity index (χ0n) is 14.3. The predicted octanol–water partition coefficient (Wildman–Crippen LogP) is 4.50. The first kappa shape index (κ1) is 17.6. The molecule has 0 atom stereocenters. The largest absolute Gasteiger partial charge is 0.368 e. The van der Waals surface area contributed by atoms with Crippen LogP contribution in [-0.2, 0) is 4.79 Å². The van der Waals surface area contributed by atoms with Gasteiger partial charge in [0.1, 0.15) is 0 Å². The van der Waals surface area contributed by atoms with Crippen molar-refractivity contribution < 1.29 is 4.79 Å². The maximum absolute atomic E-state index is 12.3. The zero-order valence-corrected chi connectivity index (χ0v) is 16.7. The van der Waals surface area contributed by atoms with Gasteiger partial charge in [-0.2, -0.15) is 4.99 Å². The van der Waals surface area contributed by atoms with E-state index in [1.54, 1.807) is 11.3 Å². The van der Waals surface area contributed by atoms with E-state index in [0.29, 0.717) is 4.91 Å². The number of thioether (sulfide) groups is 1. The number of anilines is 1. The summed E-state index contributed by atoms with van der Waals surface area (Å²) in [6.45, 7) is 5.52. The predicted molar refractivity (Wildman–Crippen MR) is 112 cm³/mol. The molecule has 0 radical (unpaired) electrons. The number of amides is 1. The molecule has 2 aliphatic heterocycles. The molecule has 1 amide bonds. The minimum absolute atomic E-state index is 0.130. The molecule has 26 heavy (non-hydrogen) atoms. The van der Waals surface area contributed by atoms with Gasteiger partial charge in [0.05, 0.1) is 4.91 Å². The molecule has 0 unspecified atom stereocenters. The summed E-state index contributed by atoms with van der Waals surface area (Å²) in [5.74, 6) is -0.130. The maximum atomic E-state index is 12.3. The third-order valence-electron chi connectivity index (χ3n) is 4.50. The second-order valence-corrected chi connectivity index (χ2v) is 8.63. The highest BCUT2D eigenvalue weighted by Crippen LogP contribution is 2.32. The molecular formula is C19H18ClN3OS2. The highest BCUT2D eigenvalue weighted by molar-refractivity contribution is 8.18. The first-order valence-electron chi connectivity index (χ1n) is 8.42. The van der Waals surface area contributed by atoms with Crippen molar-refractivity contribution in [3.63, 3.8) is 0 Å². The van der Waals surface area contributed by atoms with Gasteiger partial charge in [-0.1, -0.05) is 17.7 Å². The van der Waals surface area contributed by atoms with Crippen LogP contribution in [0.2, 0.25) is 5.02 Å². The lowest BCUT2D eigenvalue weighted by Crippen LogP contribution is -2.47. The highest BCUT2D eigenvalue weighted by atomic mass is 35.5. The number of benzene rings is 1. The Bertz CT molecular complexity index is 898. The monoisotopic (exact) mass is 403 g/mol. The van der Waals surface area contributed by atoms with E-state index in [-0.39, 0.29) is 5.91 Å². The van der Waals surface area contributed by atoms with Gasteiger partial charge >= 0.3 is 0 Å². The van der Waals surface area contributed by atoms with E-state index in [4.69, 9.17) is 11.6 Å². The number of hydrogen-bond acceptors (Lipinski definition) is 5. The molecule has 0 N–H and O–H groups in total. The lowest BCUT2D eigenvalue weighted by molar-refractivity contribution is -0.113. The fourth-order valence-electron chi connectivity index (χ4n) is 3.01. The molecule has 7 heteroatoms. The number of aryl methyl sites for hydroxylation is 1. The van der Waals surface area contributed by atoms with Gasteiger partial charge in [-0.05, 0) is 60.0 Å². The molecule has 134 valence electrons. The number of nitrogens with zero attached hydrogens (tertiary/aromatic N) is 3. The minimum atomic E-state index is -0.130. The van der Waals surface area contributed by atoms with Crippen molar-refractivity contribution in [1.29, 1.82) is 0 Å². The second-order valence-electron chi connectivity index (χ2n) is 6.23. The van der Waals surface area contributed by atoms with Crippen LogP contribution >= 0.6 is 34.7 Å². The summed E-state index contributed by atoms with van der Waals surface area (Å²) >= 11 is 9.23. The van der Waals surface area contributed by atoms with Crippen LogP contribution in [0.15, 0.2) is 45.6 Å². The lowest BCUT2D eigenvalue weighted by Gasteiger charge is -2.36. The summed E-state index contributed by atoms with van der Waals surface area (Å²) < 4.78 is 0. The Hall–Kier alpha value is -1.76. The van der Waals surface area contributed by atoms with Gasteiger partial charge in [0.25, 0.3) is 5.91 Å². The summed E-state index contributed by atoms with van der Waals surface area (Å²) in [6.07, 6.45) is 1.96. The van der Waals surface area contributed by atoms with Crippen molar-refractivity contribution in [1.82, 2.24) is 4.90 Å². The van der Waals surface area contributed by atoms with Crippen LogP contribution in [0.4, 0.5) is 5.69 Å². The van der Waals surface area contributed by atoms with Crippen molar-refractivity contribution in [2.24, 2.45) is 4.99 Å². The number of halogens is 1. The molecule has 0 saturated carbocycles. The first-order chi connectivity index (χ1) is 12.6. The Kier molecular flexibility index (Phi) is 5.07. The number of aliphatic imine (C=N–C) groups is 1. The van der Waals surface area contributed by atoms with E-state index in [9.17, 15) is 4.79 Å². The summed E-state index contributed by atoms with van der Waals surface area (Å²) in [5, 5.41) is 3.62. The zero-order chi connectivity index (χ0) is 18.1. The lowest BCUT2D eigenvalue weighted by atomic mass is 10.2. The molecule has 1 aromatic heterocycles. The number of amidine groups is 1. The molecule has 0 spiro atoms. The smallest absolute Gasteiger partial charge is 0.286 e. The Morgan fingerprint density at radius 1 is 1.15 bits per heavy atom. The standard InChI is InChI=1S/C19H18ClN3OS2/c1-13-5-10-25-16(13)12-17-18(24)21-19(26-17)23-8-6-22(7-9-23)15-4-2-3-14(20)11-15/h2-5,10-12H,6-9H2,1H3/b17-12-. The molecule has 3 heterocycles. The van der Waals surface area contributed by atoms with E-state index >= 15 is 0 Å². The number of rotatable bonds is 2. The third kappa shape index (κ3) is 3.68. The van der Waals surface area contributed by atoms with Crippen LogP contribution in [0.3, 0.4) is 0 Å². The van der Waals surface area contributed by atoms with Crippen LogP contribution in [0.1, 0.15) is 10.4 Å². The van der Waals surface area contributed by atoms with E-state index < -0.39 is 0 Å². The minimum Gasteiger partial charge on any atom is -0.368 e. The second kappa shape index (κ2) is 7.47. The van der Waals surface area contributed by atoms with Gasteiger partial charge in [-0.25, -0.2) is 0 Å². The summed E-state index contributed by atoms with van der Waals surface area (Å²) in [7, 11) is 0. The Morgan fingerprint density at radius 2 is 1.92 bits per heavy atom. The molecule has 1 fully saturated rings. The number of piperazine rings is 1. The van der Waals surface area contributed by atoms with Crippen molar-refractivity contribution in [3.8, 4) is 0 Å². The normalized spacial score (nSPS) is 19.4. The third-order valence-corrected chi connectivity index (χ3v) is 6.74. The average Bonchev–Trinajstić information content (AvgIpc) is 3.22. The number of carbonyl (C=O) groups excluding carboxylic acids is 1. The maximum Gasteiger partial charge on any atom is 0.286 e. The Balaban J connectivity index is 1.41. The van der Waals surface area contributed by atoms with Gasteiger partial charge in [-0.15, -0.1) is 11.3 Å². The van der Waals surface area contributed by atoms with Gasteiger partial charge in [-0.3, -0.25) is 4.79 Å². The van der Waals surface area contributed by atoms with Gasteiger partial charge in [0, 0.05) is 41.8 Å². The van der Waals surface area contributed by atoms with Gasteiger partial charge < -0.3 is 9.80 Å². The van der Waals surface area contributed by atoms with Crippen molar-refractivity contribution in [3.05, 3.63) is 56.1 Å². The quantitative estimate of drug-likeness (QED) is 0.691. The molecule has 2 aliphatic rings. The van der Waals surface area contributed by atoms with Crippen LogP contribution in [-0.4, -0.2) is 42.2 Å². The molecule has 0 aliphatic carbocycles. The molecule has 1 saturated heterocycles. The van der Waals surface area contributed by atoms with Crippen molar-refractivity contribution >= 4 is 57.5 Å². The molecule has 4 rings (SSSR count). The van der Waals surface area contributed by atoms with Crippen LogP contribution < -0.4 is 4.90 Å². The molecular weight excluding hydrogens is 386 g/mol. The van der Waals surface area contributed by atoms with E-state index in [0.717, 1.165) is 46.9 Å². The van der Waals surface area contributed by atoms with E-state index in [1.165, 1.54) is 17.3 Å². The summed E-state index contributed by atoms with van der Waals surface area (Å²) in [4.78, 5) is 22.9. The highest BCUT2D eigenvalue weighted by Gasteiger charge is 2.28. The Labute approximate surface area is 166 Å². The summed E-state index contributed by atoms with van der Waals surface area (Å²) in [6, 6.07) is 10.0. The molecule has 1 aromatic carbocycles. The Morgan fingerprint density at radius 3 is 2.62 bits per heavy atom. The van der Waals surface area contributed by atoms with Gasteiger partial charge in [0.15, 0.2) is 5.17 Å². The number of thiophene rings is 1. The van der Waals surface area contributed by atoms with Crippen molar-refractivity contribution in [2.45, 2.75) is 6.92 Å². The topological polar surface area (TPSA) is 35.9 Å². The molecule has 4 nitrogen and oxygen atoms in total. The van der Waals surface area contributed by atoms with Crippen LogP contribution in [0.5, 0.6) is 0 Å². The first-order valence-corrected chi connectivity index (χ1v) is 10.5. The molecule has 0 bridgehead atoms. The van der Waals surface area contributed by atoms with E-state index in [2.05, 4.69) is 33.8 Å². The van der Waals surface area contributed by atoms with Gasteiger partial charge in [0.2, 0.25) is 0 Å². The van der Waals surface area contributed by atoms with Crippen LogP contribution in [0, 0.1) is 6.92 Å².